The summed E-state index contributed by atoms with van der Waals surface area (Å²) in [5, 5.41) is 5.58. The van der Waals surface area contributed by atoms with Crippen LogP contribution in [-0.4, -0.2) is 36.5 Å². The maximum atomic E-state index is 12.5. The number of rotatable bonds is 4. The van der Waals surface area contributed by atoms with E-state index in [-0.39, 0.29) is 11.8 Å². The Morgan fingerprint density at radius 2 is 2.20 bits per heavy atom. The number of carbonyl (C=O) groups excluding carboxylic acids is 2. The Balaban J connectivity index is 1.81. The Hall–Kier alpha value is -2.89. The molecule has 0 bridgehead atoms. The Morgan fingerprint density at radius 1 is 1.36 bits per heavy atom. The smallest absolute Gasteiger partial charge is 0.251 e. The zero-order chi connectivity index (χ0) is 17.8. The predicted molar refractivity (Wildman–Crippen MR) is 94.5 cm³/mol. The number of piperidine rings is 1. The van der Waals surface area contributed by atoms with Gasteiger partial charge in [0.2, 0.25) is 11.8 Å². The van der Waals surface area contributed by atoms with Crippen molar-refractivity contribution in [1.29, 1.82) is 0 Å². The van der Waals surface area contributed by atoms with Gasteiger partial charge in [0.05, 0.1) is 7.11 Å². The van der Waals surface area contributed by atoms with Gasteiger partial charge in [0.15, 0.2) is 0 Å². The molecule has 1 aromatic heterocycles. The fourth-order valence-corrected chi connectivity index (χ4v) is 2.92. The van der Waals surface area contributed by atoms with Crippen LogP contribution in [-0.2, 0) is 4.79 Å². The molecule has 0 saturated carbocycles. The van der Waals surface area contributed by atoms with Gasteiger partial charge >= 0.3 is 0 Å². The van der Waals surface area contributed by atoms with E-state index in [1.165, 1.54) is 0 Å². The van der Waals surface area contributed by atoms with Gasteiger partial charge in [-0.05, 0) is 43.0 Å². The van der Waals surface area contributed by atoms with Crippen LogP contribution in [0.25, 0.3) is 11.1 Å². The third kappa shape index (κ3) is 3.79. The summed E-state index contributed by atoms with van der Waals surface area (Å²) in [4.78, 5) is 28.5. The van der Waals surface area contributed by atoms with E-state index in [0.717, 1.165) is 23.1 Å². The fourth-order valence-electron chi connectivity index (χ4n) is 2.92. The molecule has 1 aliphatic heterocycles. The van der Waals surface area contributed by atoms with Crippen LogP contribution in [0.4, 0.5) is 0 Å². The van der Waals surface area contributed by atoms with Crippen molar-refractivity contribution in [2.24, 2.45) is 0 Å². The first kappa shape index (κ1) is 17.0. The molecule has 1 atom stereocenters. The Bertz CT molecular complexity index is 804. The van der Waals surface area contributed by atoms with Crippen LogP contribution in [0.15, 0.2) is 36.5 Å². The molecule has 3 rings (SSSR count). The summed E-state index contributed by atoms with van der Waals surface area (Å²) in [6.07, 6.45) is 3.27. The number of nitrogens with one attached hydrogen (secondary N) is 2. The lowest BCUT2D eigenvalue weighted by Crippen LogP contribution is -2.50. The monoisotopic (exact) mass is 339 g/mol. The molecule has 0 aliphatic carbocycles. The van der Waals surface area contributed by atoms with E-state index < -0.39 is 6.04 Å². The fraction of sp³-hybridized carbons (Fsp3) is 0.316. The van der Waals surface area contributed by atoms with Gasteiger partial charge in [-0.2, -0.15) is 0 Å². The molecule has 1 aromatic carbocycles. The minimum atomic E-state index is -0.464. The van der Waals surface area contributed by atoms with Crippen LogP contribution in [0.5, 0.6) is 5.88 Å². The summed E-state index contributed by atoms with van der Waals surface area (Å²) in [5.74, 6) is 0.187. The normalized spacial score (nSPS) is 16.9. The summed E-state index contributed by atoms with van der Waals surface area (Å²) < 4.78 is 5.13. The van der Waals surface area contributed by atoms with Gasteiger partial charge < -0.3 is 15.4 Å². The molecular formula is C19H21N3O3. The number of hydrogen-bond acceptors (Lipinski definition) is 4. The molecule has 25 heavy (non-hydrogen) atoms. The van der Waals surface area contributed by atoms with E-state index in [1.807, 2.05) is 31.2 Å². The molecule has 2 heterocycles. The molecule has 1 saturated heterocycles. The number of carbonyl (C=O) groups is 2. The van der Waals surface area contributed by atoms with Crippen molar-refractivity contribution in [3.8, 4) is 17.0 Å². The number of aromatic nitrogens is 1. The highest BCUT2D eigenvalue weighted by atomic mass is 16.5. The number of aryl methyl sites for hydroxylation is 1. The minimum Gasteiger partial charge on any atom is -0.481 e. The van der Waals surface area contributed by atoms with E-state index in [2.05, 4.69) is 15.6 Å². The molecular weight excluding hydrogens is 318 g/mol. The maximum absolute atomic E-state index is 12.5. The highest BCUT2D eigenvalue weighted by Crippen LogP contribution is 2.25. The van der Waals surface area contributed by atoms with E-state index in [0.29, 0.717) is 24.4 Å². The SMILES string of the molecule is COc1cc(C)c(-c2cccc(C(=O)N[C@H]3CCCNC3=O)c2)cn1. The number of nitrogens with zero attached hydrogens (tertiary/aromatic N) is 1. The molecule has 2 aromatic rings. The van der Waals surface area contributed by atoms with Gasteiger partial charge in [-0.1, -0.05) is 12.1 Å². The molecule has 6 nitrogen and oxygen atoms in total. The zero-order valence-electron chi connectivity index (χ0n) is 14.3. The topological polar surface area (TPSA) is 80.3 Å². The highest BCUT2D eigenvalue weighted by molar-refractivity contribution is 5.98. The van der Waals surface area contributed by atoms with Crippen LogP contribution in [0.1, 0.15) is 28.8 Å². The first-order valence-corrected chi connectivity index (χ1v) is 8.28. The third-order valence-electron chi connectivity index (χ3n) is 4.32. The standard InChI is InChI=1S/C19H21N3O3/c1-12-9-17(25-2)21-11-15(12)13-5-3-6-14(10-13)18(23)22-16-7-4-8-20-19(16)24/h3,5-6,9-11,16H,4,7-8H2,1-2H3,(H,20,24)(H,22,23)/t16-/m0/s1. The number of methoxy groups -OCH3 is 1. The van der Waals surface area contributed by atoms with Gasteiger partial charge in [-0.15, -0.1) is 0 Å². The average molecular weight is 339 g/mol. The highest BCUT2D eigenvalue weighted by Gasteiger charge is 2.24. The molecule has 0 unspecified atom stereocenters. The molecule has 1 fully saturated rings. The molecule has 6 heteroatoms. The summed E-state index contributed by atoms with van der Waals surface area (Å²) in [7, 11) is 1.58. The van der Waals surface area contributed by atoms with Gasteiger partial charge in [0, 0.05) is 29.9 Å². The van der Waals surface area contributed by atoms with E-state index in [9.17, 15) is 9.59 Å². The number of pyridine rings is 1. The number of ether oxygens (including phenoxy) is 1. The lowest BCUT2D eigenvalue weighted by Gasteiger charge is -2.22. The van der Waals surface area contributed by atoms with Gasteiger partial charge in [-0.25, -0.2) is 4.98 Å². The summed E-state index contributed by atoms with van der Waals surface area (Å²) in [6, 6.07) is 8.71. The van der Waals surface area contributed by atoms with Gasteiger partial charge in [-0.3, -0.25) is 9.59 Å². The Kier molecular flexibility index (Phi) is 4.97. The van der Waals surface area contributed by atoms with Crippen LogP contribution in [0, 0.1) is 6.92 Å². The quantitative estimate of drug-likeness (QED) is 0.894. The van der Waals surface area contributed by atoms with Crippen molar-refractivity contribution in [2.45, 2.75) is 25.8 Å². The van der Waals surface area contributed by atoms with Gasteiger partial charge in [0.1, 0.15) is 6.04 Å². The molecule has 1 aliphatic rings. The van der Waals surface area contributed by atoms with E-state index >= 15 is 0 Å². The maximum Gasteiger partial charge on any atom is 0.251 e. The van der Waals surface area contributed by atoms with Crippen LogP contribution >= 0.6 is 0 Å². The first-order chi connectivity index (χ1) is 12.1. The van der Waals surface area contributed by atoms with Crippen LogP contribution in [0.2, 0.25) is 0 Å². The van der Waals surface area contributed by atoms with Crippen molar-refractivity contribution in [2.75, 3.05) is 13.7 Å². The molecule has 0 spiro atoms. The van der Waals surface area contributed by atoms with Gasteiger partial charge in [0.25, 0.3) is 5.91 Å². The molecule has 2 N–H and O–H groups in total. The predicted octanol–water partition coefficient (Wildman–Crippen LogP) is 2.07. The zero-order valence-corrected chi connectivity index (χ0v) is 14.3. The number of amides is 2. The second-order valence-corrected chi connectivity index (χ2v) is 6.08. The van der Waals surface area contributed by atoms with Crippen LogP contribution < -0.4 is 15.4 Å². The van der Waals surface area contributed by atoms with Crippen molar-refractivity contribution >= 4 is 11.8 Å². The van der Waals surface area contributed by atoms with Crippen molar-refractivity contribution < 1.29 is 14.3 Å². The van der Waals surface area contributed by atoms with Crippen molar-refractivity contribution in [1.82, 2.24) is 15.6 Å². The summed E-state index contributed by atoms with van der Waals surface area (Å²) in [5.41, 5.74) is 3.36. The molecule has 2 amide bonds. The molecule has 130 valence electrons. The van der Waals surface area contributed by atoms with E-state index in [4.69, 9.17) is 4.74 Å². The van der Waals surface area contributed by atoms with Crippen LogP contribution in [0.3, 0.4) is 0 Å². The second kappa shape index (κ2) is 7.34. The number of benzene rings is 1. The number of hydrogen-bond donors (Lipinski definition) is 2. The summed E-state index contributed by atoms with van der Waals surface area (Å²) >= 11 is 0. The minimum absolute atomic E-state index is 0.119. The molecule has 0 radical (unpaired) electrons. The Labute approximate surface area is 146 Å². The third-order valence-corrected chi connectivity index (χ3v) is 4.32. The second-order valence-electron chi connectivity index (χ2n) is 6.08. The summed E-state index contributed by atoms with van der Waals surface area (Å²) in [6.45, 7) is 2.64. The largest absolute Gasteiger partial charge is 0.481 e. The van der Waals surface area contributed by atoms with Crippen molar-refractivity contribution in [3.05, 3.63) is 47.7 Å². The average Bonchev–Trinajstić information content (AvgIpc) is 2.63. The van der Waals surface area contributed by atoms with Crippen molar-refractivity contribution in [3.63, 3.8) is 0 Å². The van der Waals surface area contributed by atoms with E-state index in [1.54, 1.807) is 19.4 Å². The first-order valence-electron chi connectivity index (χ1n) is 8.28. The lowest BCUT2D eigenvalue weighted by molar-refractivity contribution is -0.124. The Morgan fingerprint density at radius 3 is 2.92 bits per heavy atom. The lowest BCUT2D eigenvalue weighted by atomic mass is 10.00.